The third-order valence-electron chi connectivity index (χ3n) is 3.68. The molecule has 1 aromatic heterocycles. The predicted octanol–water partition coefficient (Wildman–Crippen LogP) is 4.52. The van der Waals surface area contributed by atoms with Crippen LogP contribution >= 0.6 is 15.9 Å². The predicted molar refractivity (Wildman–Crippen MR) is 90.7 cm³/mol. The highest BCUT2D eigenvalue weighted by Crippen LogP contribution is 2.32. The summed E-state index contributed by atoms with van der Waals surface area (Å²) < 4.78 is 3.08. The van der Waals surface area contributed by atoms with Crippen LogP contribution < -0.4 is 5.73 Å². The molecule has 0 aliphatic carbocycles. The number of halogens is 1. The van der Waals surface area contributed by atoms with Gasteiger partial charge in [0.25, 0.3) is 0 Å². The van der Waals surface area contributed by atoms with Gasteiger partial charge in [0.15, 0.2) is 0 Å². The molecule has 0 fully saturated rings. The molecule has 1 heterocycles. The fourth-order valence-corrected chi connectivity index (χ4v) is 3.22. The van der Waals surface area contributed by atoms with Crippen molar-refractivity contribution in [3.8, 4) is 5.69 Å². The number of fused-ring (bicyclic) bond motifs is 2. The molecule has 4 rings (SSSR count). The summed E-state index contributed by atoms with van der Waals surface area (Å²) in [6.07, 6.45) is 0. The van der Waals surface area contributed by atoms with Crippen LogP contribution in [0.25, 0.3) is 27.5 Å². The number of rotatable bonds is 1. The zero-order valence-electron chi connectivity index (χ0n) is 11.1. The molecule has 0 spiro atoms. The number of anilines is 1. The van der Waals surface area contributed by atoms with Gasteiger partial charge in [-0.15, -0.1) is 0 Å². The number of nitrogens with zero attached hydrogens (tertiary/aromatic N) is 2. The van der Waals surface area contributed by atoms with Gasteiger partial charge >= 0.3 is 0 Å². The van der Waals surface area contributed by atoms with Gasteiger partial charge in [0.05, 0.1) is 16.7 Å². The minimum atomic E-state index is 0.503. The van der Waals surface area contributed by atoms with Gasteiger partial charge in [-0.2, -0.15) is 0 Å². The molecule has 0 amide bonds. The van der Waals surface area contributed by atoms with Crippen LogP contribution in [0.4, 0.5) is 5.95 Å². The van der Waals surface area contributed by atoms with Crippen LogP contribution in [0.1, 0.15) is 0 Å². The minimum absolute atomic E-state index is 0.503. The van der Waals surface area contributed by atoms with Crippen LogP contribution in [0.15, 0.2) is 65.1 Å². The summed E-state index contributed by atoms with van der Waals surface area (Å²) in [5, 5.41) is 2.30. The molecule has 0 unspecified atom stereocenters. The molecule has 0 radical (unpaired) electrons. The number of hydrogen-bond acceptors (Lipinski definition) is 2. The van der Waals surface area contributed by atoms with Crippen LogP contribution in [-0.4, -0.2) is 9.55 Å². The molecule has 0 saturated heterocycles. The lowest BCUT2D eigenvalue weighted by Crippen LogP contribution is -2.01. The molecule has 0 bridgehead atoms. The van der Waals surface area contributed by atoms with Gasteiger partial charge in [-0.05, 0) is 29.7 Å². The van der Waals surface area contributed by atoms with E-state index in [-0.39, 0.29) is 0 Å². The topological polar surface area (TPSA) is 43.8 Å². The van der Waals surface area contributed by atoms with Crippen molar-refractivity contribution >= 4 is 43.7 Å². The first-order chi connectivity index (χ1) is 10.3. The SMILES string of the molecule is Nc1nc2ccccc2n1-c1ccc(Br)c2ccccc12. The van der Waals surface area contributed by atoms with E-state index in [1.807, 2.05) is 47.0 Å². The Morgan fingerprint density at radius 1 is 0.857 bits per heavy atom. The quantitative estimate of drug-likeness (QED) is 0.554. The summed E-state index contributed by atoms with van der Waals surface area (Å²) in [7, 11) is 0. The molecule has 0 saturated carbocycles. The summed E-state index contributed by atoms with van der Waals surface area (Å²) in [5.41, 5.74) is 9.12. The molecule has 0 aliphatic rings. The molecule has 21 heavy (non-hydrogen) atoms. The summed E-state index contributed by atoms with van der Waals surface area (Å²) in [5.74, 6) is 0.503. The van der Waals surface area contributed by atoms with Crippen LogP contribution in [0, 0.1) is 0 Å². The summed E-state index contributed by atoms with van der Waals surface area (Å²) >= 11 is 3.61. The zero-order chi connectivity index (χ0) is 14.4. The van der Waals surface area contributed by atoms with Crippen molar-refractivity contribution < 1.29 is 0 Å². The minimum Gasteiger partial charge on any atom is -0.369 e. The van der Waals surface area contributed by atoms with Crippen LogP contribution in [-0.2, 0) is 0 Å². The third-order valence-corrected chi connectivity index (χ3v) is 4.37. The summed E-state index contributed by atoms with van der Waals surface area (Å²) in [6, 6.07) is 20.4. The number of hydrogen-bond donors (Lipinski definition) is 1. The number of para-hydroxylation sites is 2. The van der Waals surface area contributed by atoms with E-state index in [1.165, 1.54) is 0 Å². The average Bonchev–Trinajstić information content (AvgIpc) is 2.84. The Bertz CT molecular complexity index is 972. The van der Waals surface area contributed by atoms with Crippen LogP contribution in [0.5, 0.6) is 0 Å². The molecule has 3 nitrogen and oxygen atoms in total. The summed E-state index contributed by atoms with van der Waals surface area (Å²) in [4.78, 5) is 4.45. The van der Waals surface area contributed by atoms with Gasteiger partial charge in [-0.3, -0.25) is 4.57 Å². The Morgan fingerprint density at radius 3 is 2.43 bits per heavy atom. The van der Waals surface area contributed by atoms with E-state index in [1.54, 1.807) is 0 Å². The van der Waals surface area contributed by atoms with Crippen molar-refractivity contribution in [3.63, 3.8) is 0 Å². The van der Waals surface area contributed by atoms with E-state index in [0.717, 1.165) is 32.0 Å². The lowest BCUT2D eigenvalue weighted by molar-refractivity contribution is 1.12. The maximum absolute atomic E-state index is 6.15. The van der Waals surface area contributed by atoms with E-state index in [0.29, 0.717) is 5.95 Å². The van der Waals surface area contributed by atoms with E-state index in [4.69, 9.17) is 5.73 Å². The van der Waals surface area contributed by atoms with Gasteiger partial charge in [0, 0.05) is 9.86 Å². The Morgan fingerprint density at radius 2 is 1.57 bits per heavy atom. The molecule has 2 N–H and O–H groups in total. The Hall–Kier alpha value is -2.33. The first-order valence-electron chi connectivity index (χ1n) is 6.66. The normalized spacial score (nSPS) is 11.3. The van der Waals surface area contributed by atoms with Crippen molar-refractivity contribution in [2.75, 3.05) is 5.73 Å². The number of imidazole rings is 1. The van der Waals surface area contributed by atoms with E-state index in [9.17, 15) is 0 Å². The fourth-order valence-electron chi connectivity index (χ4n) is 2.74. The molecule has 4 heteroatoms. The first kappa shape index (κ1) is 12.4. The Balaban J connectivity index is 2.15. The number of benzene rings is 3. The molecular formula is C17H12BrN3. The third kappa shape index (κ3) is 1.83. The highest BCUT2D eigenvalue weighted by molar-refractivity contribution is 9.10. The molecule has 4 aromatic rings. The lowest BCUT2D eigenvalue weighted by atomic mass is 10.1. The van der Waals surface area contributed by atoms with Crippen molar-refractivity contribution in [1.29, 1.82) is 0 Å². The van der Waals surface area contributed by atoms with Gasteiger partial charge in [0.2, 0.25) is 5.95 Å². The second kappa shape index (κ2) is 4.60. The molecule has 0 atom stereocenters. The van der Waals surface area contributed by atoms with Crippen LogP contribution in [0.3, 0.4) is 0 Å². The number of nitrogens with two attached hydrogens (primary N) is 1. The van der Waals surface area contributed by atoms with Crippen molar-refractivity contribution in [1.82, 2.24) is 9.55 Å². The maximum atomic E-state index is 6.15. The maximum Gasteiger partial charge on any atom is 0.205 e. The summed E-state index contributed by atoms with van der Waals surface area (Å²) in [6.45, 7) is 0. The molecule has 0 aliphatic heterocycles. The van der Waals surface area contributed by atoms with Crippen molar-refractivity contribution in [3.05, 3.63) is 65.1 Å². The van der Waals surface area contributed by atoms with Crippen molar-refractivity contribution in [2.45, 2.75) is 0 Å². The highest BCUT2D eigenvalue weighted by atomic mass is 79.9. The van der Waals surface area contributed by atoms with E-state index >= 15 is 0 Å². The van der Waals surface area contributed by atoms with E-state index in [2.05, 4.69) is 39.1 Å². The average molecular weight is 338 g/mol. The Labute approximate surface area is 130 Å². The number of aromatic nitrogens is 2. The van der Waals surface area contributed by atoms with Gasteiger partial charge in [0.1, 0.15) is 0 Å². The number of nitrogen functional groups attached to an aromatic ring is 1. The van der Waals surface area contributed by atoms with Gasteiger partial charge < -0.3 is 5.73 Å². The standard InChI is InChI=1S/C17H12BrN3/c18-13-9-10-15(12-6-2-1-5-11(12)13)21-16-8-4-3-7-14(16)20-17(21)19/h1-10H,(H2,19,20). The zero-order valence-corrected chi connectivity index (χ0v) is 12.7. The second-order valence-corrected chi connectivity index (χ2v) is 5.76. The Kier molecular flexibility index (Phi) is 2.72. The molecule has 102 valence electrons. The monoisotopic (exact) mass is 337 g/mol. The van der Waals surface area contributed by atoms with E-state index < -0.39 is 0 Å². The second-order valence-electron chi connectivity index (χ2n) is 4.91. The van der Waals surface area contributed by atoms with Gasteiger partial charge in [-0.25, -0.2) is 4.98 Å². The largest absolute Gasteiger partial charge is 0.369 e. The van der Waals surface area contributed by atoms with Crippen LogP contribution in [0.2, 0.25) is 0 Å². The van der Waals surface area contributed by atoms with Crippen molar-refractivity contribution in [2.24, 2.45) is 0 Å². The molecule has 3 aromatic carbocycles. The fraction of sp³-hybridized carbons (Fsp3) is 0. The first-order valence-corrected chi connectivity index (χ1v) is 7.45. The smallest absolute Gasteiger partial charge is 0.205 e. The lowest BCUT2D eigenvalue weighted by Gasteiger charge is -2.11. The molecular weight excluding hydrogens is 326 g/mol. The highest BCUT2D eigenvalue weighted by Gasteiger charge is 2.12. The van der Waals surface area contributed by atoms with Gasteiger partial charge in [-0.1, -0.05) is 52.3 Å².